The first kappa shape index (κ1) is 11.4. The van der Waals surface area contributed by atoms with Gasteiger partial charge in [0.15, 0.2) is 5.78 Å². The van der Waals surface area contributed by atoms with E-state index in [4.69, 9.17) is 0 Å². The SMILES string of the molecule is CCC(C(=O)[O-])C(=O)c1cccc(F)c1. The second-order valence-electron chi connectivity index (χ2n) is 3.15. The molecule has 0 spiro atoms. The molecular formula is C11H10FO3-. The summed E-state index contributed by atoms with van der Waals surface area (Å²) in [6, 6.07) is 4.96. The first-order valence-corrected chi connectivity index (χ1v) is 4.57. The molecule has 0 bridgehead atoms. The first-order chi connectivity index (χ1) is 7.06. The predicted molar refractivity (Wildman–Crippen MR) is 49.5 cm³/mol. The number of halogens is 1. The van der Waals surface area contributed by atoms with Gasteiger partial charge < -0.3 is 9.90 Å². The van der Waals surface area contributed by atoms with Gasteiger partial charge in [-0.1, -0.05) is 19.1 Å². The Balaban J connectivity index is 2.98. The molecule has 1 rings (SSSR count). The molecule has 0 amide bonds. The van der Waals surface area contributed by atoms with Crippen LogP contribution in [0.15, 0.2) is 24.3 Å². The van der Waals surface area contributed by atoms with Crippen LogP contribution in [-0.2, 0) is 4.79 Å². The summed E-state index contributed by atoms with van der Waals surface area (Å²) < 4.78 is 12.8. The van der Waals surface area contributed by atoms with E-state index in [1.165, 1.54) is 18.2 Å². The van der Waals surface area contributed by atoms with Crippen LogP contribution in [0.5, 0.6) is 0 Å². The minimum absolute atomic E-state index is 0.0612. The van der Waals surface area contributed by atoms with Gasteiger partial charge in [-0.3, -0.25) is 4.79 Å². The largest absolute Gasteiger partial charge is 0.549 e. The molecule has 1 aromatic carbocycles. The Labute approximate surface area is 86.5 Å². The zero-order chi connectivity index (χ0) is 11.4. The van der Waals surface area contributed by atoms with E-state index in [1.807, 2.05) is 0 Å². The summed E-state index contributed by atoms with van der Waals surface area (Å²) in [6.45, 7) is 1.57. The monoisotopic (exact) mass is 209 g/mol. The average molecular weight is 209 g/mol. The molecule has 0 aliphatic carbocycles. The molecule has 0 saturated heterocycles. The zero-order valence-electron chi connectivity index (χ0n) is 8.20. The molecule has 0 heterocycles. The van der Waals surface area contributed by atoms with E-state index in [-0.39, 0.29) is 12.0 Å². The number of ketones is 1. The van der Waals surface area contributed by atoms with E-state index >= 15 is 0 Å². The number of rotatable bonds is 4. The third-order valence-corrected chi connectivity index (χ3v) is 2.12. The number of hydrogen-bond donors (Lipinski definition) is 0. The third kappa shape index (κ3) is 2.62. The lowest BCUT2D eigenvalue weighted by atomic mass is 9.95. The van der Waals surface area contributed by atoms with Crippen LogP contribution < -0.4 is 5.11 Å². The number of Topliss-reactive ketones (excluding diaryl/α,β-unsaturated/α-hetero) is 1. The molecule has 4 heteroatoms. The minimum Gasteiger partial charge on any atom is -0.549 e. The topological polar surface area (TPSA) is 57.2 Å². The highest BCUT2D eigenvalue weighted by atomic mass is 19.1. The zero-order valence-corrected chi connectivity index (χ0v) is 8.20. The Hall–Kier alpha value is -1.71. The molecule has 80 valence electrons. The Morgan fingerprint density at radius 3 is 2.60 bits per heavy atom. The Bertz CT molecular complexity index is 387. The van der Waals surface area contributed by atoms with E-state index in [2.05, 4.69) is 0 Å². The van der Waals surface area contributed by atoms with Crippen molar-refractivity contribution in [2.45, 2.75) is 13.3 Å². The molecule has 0 N–H and O–H groups in total. The van der Waals surface area contributed by atoms with Crippen LogP contribution in [-0.4, -0.2) is 11.8 Å². The van der Waals surface area contributed by atoms with Gasteiger partial charge in [0.2, 0.25) is 0 Å². The molecule has 0 saturated carbocycles. The van der Waals surface area contributed by atoms with Crippen molar-refractivity contribution in [2.75, 3.05) is 0 Å². The maximum Gasteiger partial charge on any atom is 0.171 e. The van der Waals surface area contributed by atoms with Crippen LogP contribution in [0.3, 0.4) is 0 Å². The predicted octanol–water partition coefficient (Wildman–Crippen LogP) is 0.784. The highest BCUT2D eigenvalue weighted by Crippen LogP contribution is 2.13. The Morgan fingerprint density at radius 2 is 2.13 bits per heavy atom. The van der Waals surface area contributed by atoms with Gasteiger partial charge in [0.1, 0.15) is 5.82 Å². The van der Waals surface area contributed by atoms with Crippen LogP contribution in [0.4, 0.5) is 4.39 Å². The lowest BCUT2D eigenvalue weighted by molar-refractivity contribution is -0.309. The van der Waals surface area contributed by atoms with Gasteiger partial charge >= 0.3 is 0 Å². The molecule has 1 unspecified atom stereocenters. The Kier molecular flexibility index (Phi) is 3.55. The maximum absolute atomic E-state index is 12.8. The summed E-state index contributed by atoms with van der Waals surface area (Å²) in [5.41, 5.74) is 0.0612. The fourth-order valence-corrected chi connectivity index (χ4v) is 1.30. The summed E-state index contributed by atoms with van der Waals surface area (Å²) >= 11 is 0. The van der Waals surface area contributed by atoms with Gasteiger partial charge in [-0.15, -0.1) is 0 Å². The fraction of sp³-hybridized carbons (Fsp3) is 0.273. The van der Waals surface area contributed by atoms with Gasteiger partial charge in [-0.25, -0.2) is 4.39 Å². The summed E-state index contributed by atoms with van der Waals surface area (Å²) in [7, 11) is 0. The smallest absolute Gasteiger partial charge is 0.171 e. The molecular weight excluding hydrogens is 199 g/mol. The lowest BCUT2D eigenvalue weighted by Gasteiger charge is -2.14. The highest BCUT2D eigenvalue weighted by molar-refractivity contribution is 6.07. The second-order valence-corrected chi connectivity index (χ2v) is 3.15. The first-order valence-electron chi connectivity index (χ1n) is 4.57. The van der Waals surface area contributed by atoms with Crippen LogP contribution in [0.1, 0.15) is 23.7 Å². The number of benzene rings is 1. The normalized spacial score (nSPS) is 12.1. The molecule has 0 fully saturated rings. The summed E-state index contributed by atoms with van der Waals surface area (Å²) in [5, 5.41) is 10.6. The van der Waals surface area contributed by atoms with Crippen LogP contribution in [0.25, 0.3) is 0 Å². The molecule has 1 atom stereocenters. The van der Waals surface area contributed by atoms with Crippen molar-refractivity contribution < 1.29 is 19.1 Å². The number of hydrogen-bond acceptors (Lipinski definition) is 3. The molecule has 0 aliphatic rings. The van der Waals surface area contributed by atoms with Crippen molar-refractivity contribution in [1.29, 1.82) is 0 Å². The van der Waals surface area contributed by atoms with E-state index in [0.717, 1.165) is 6.07 Å². The molecule has 15 heavy (non-hydrogen) atoms. The van der Waals surface area contributed by atoms with E-state index in [1.54, 1.807) is 6.92 Å². The Morgan fingerprint density at radius 1 is 1.47 bits per heavy atom. The average Bonchev–Trinajstić information content (AvgIpc) is 2.18. The molecule has 1 aromatic rings. The molecule has 3 nitrogen and oxygen atoms in total. The third-order valence-electron chi connectivity index (χ3n) is 2.12. The van der Waals surface area contributed by atoms with Crippen LogP contribution in [0, 0.1) is 11.7 Å². The van der Waals surface area contributed by atoms with Crippen molar-refractivity contribution in [3.8, 4) is 0 Å². The van der Waals surface area contributed by atoms with Gasteiger partial charge in [-0.2, -0.15) is 0 Å². The summed E-state index contributed by atoms with van der Waals surface area (Å²) in [6.07, 6.45) is 0.137. The van der Waals surface area contributed by atoms with Crippen molar-refractivity contribution in [3.05, 3.63) is 35.6 Å². The quantitative estimate of drug-likeness (QED) is 0.544. The maximum atomic E-state index is 12.8. The van der Waals surface area contributed by atoms with Gasteiger partial charge in [-0.05, 0) is 18.6 Å². The number of carbonyl (C=O) groups is 2. The number of carbonyl (C=O) groups excluding carboxylic acids is 2. The van der Waals surface area contributed by atoms with Crippen molar-refractivity contribution in [2.24, 2.45) is 5.92 Å². The van der Waals surface area contributed by atoms with Crippen molar-refractivity contribution in [1.82, 2.24) is 0 Å². The molecule has 0 radical (unpaired) electrons. The number of aliphatic carboxylic acids is 1. The van der Waals surface area contributed by atoms with Crippen LogP contribution >= 0.6 is 0 Å². The number of carboxylic acid groups (broad SMARTS) is 1. The molecule has 0 aliphatic heterocycles. The minimum atomic E-state index is -1.42. The fourth-order valence-electron chi connectivity index (χ4n) is 1.30. The number of carboxylic acids is 1. The molecule has 0 aromatic heterocycles. The van der Waals surface area contributed by atoms with Crippen molar-refractivity contribution >= 4 is 11.8 Å². The second kappa shape index (κ2) is 4.68. The van der Waals surface area contributed by atoms with E-state index < -0.39 is 23.5 Å². The van der Waals surface area contributed by atoms with Gasteiger partial charge in [0.25, 0.3) is 0 Å². The van der Waals surface area contributed by atoms with Gasteiger partial charge in [0.05, 0.1) is 11.9 Å². The summed E-state index contributed by atoms with van der Waals surface area (Å²) in [5.74, 6) is -3.80. The standard InChI is InChI=1S/C11H11FO3/c1-2-9(11(14)15)10(13)7-4-3-5-8(12)6-7/h3-6,9H,2H2,1H3,(H,14,15)/p-1. The van der Waals surface area contributed by atoms with Crippen molar-refractivity contribution in [3.63, 3.8) is 0 Å². The summed E-state index contributed by atoms with van der Waals surface area (Å²) in [4.78, 5) is 22.2. The lowest BCUT2D eigenvalue weighted by Crippen LogP contribution is -2.36. The van der Waals surface area contributed by atoms with Gasteiger partial charge in [0, 0.05) is 5.56 Å². The van der Waals surface area contributed by atoms with E-state index in [9.17, 15) is 19.1 Å². The highest BCUT2D eigenvalue weighted by Gasteiger charge is 2.19. The van der Waals surface area contributed by atoms with E-state index in [0.29, 0.717) is 0 Å². The van der Waals surface area contributed by atoms with Crippen LogP contribution in [0.2, 0.25) is 0 Å².